The van der Waals surface area contributed by atoms with Gasteiger partial charge in [-0.25, -0.2) is 0 Å². The minimum absolute atomic E-state index is 0.370. The quantitative estimate of drug-likeness (QED) is 0.812. The molecule has 2 heteroatoms. The molecule has 0 aromatic heterocycles. The molecule has 1 N–H and O–H groups in total. The largest absolute Gasteiger partial charge is 0.371 e. The normalized spacial score (nSPS) is 17.6. The molecule has 0 spiro atoms. The van der Waals surface area contributed by atoms with E-state index >= 15 is 0 Å². The number of para-hydroxylation sites is 1. The molecule has 0 fully saturated rings. The van der Waals surface area contributed by atoms with Gasteiger partial charge in [0.05, 0.1) is 0 Å². The van der Waals surface area contributed by atoms with E-state index in [0.29, 0.717) is 5.41 Å². The van der Waals surface area contributed by atoms with Crippen LogP contribution in [0.2, 0.25) is 0 Å². The Bertz CT molecular complexity index is 416. The molecule has 2 rings (SSSR count). The lowest BCUT2D eigenvalue weighted by atomic mass is 9.84. The molecule has 1 unspecified atom stereocenters. The zero-order valence-electron chi connectivity index (χ0n) is 13.4. The molecule has 0 saturated heterocycles. The first kappa shape index (κ1) is 15.4. The highest BCUT2D eigenvalue weighted by molar-refractivity contribution is 5.55. The summed E-state index contributed by atoms with van der Waals surface area (Å²) in [6, 6.07) is 8.95. The Morgan fingerprint density at radius 1 is 1.25 bits per heavy atom. The fraction of sp³-hybridized carbons (Fsp3) is 0.667. The molecular weight excluding hydrogens is 244 g/mol. The molecule has 0 radical (unpaired) electrons. The summed E-state index contributed by atoms with van der Waals surface area (Å²) in [6.07, 6.45) is 5.08. The van der Waals surface area contributed by atoms with Gasteiger partial charge >= 0.3 is 0 Å². The van der Waals surface area contributed by atoms with E-state index < -0.39 is 0 Å². The van der Waals surface area contributed by atoms with Crippen molar-refractivity contribution in [3.05, 3.63) is 29.8 Å². The number of rotatable bonds is 7. The predicted molar refractivity (Wildman–Crippen MR) is 88.5 cm³/mol. The first-order valence-electron chi connectivity index (χ1n) is 8.22. The molecule has 1 aliphatic rings. The highest BCUT2D eigenvalue weighted by atomic mass is 15.1. The fourth-order valence-electron chi connectivity index (χ4n) is 3.49. The van der Waals surface area contributed by atoms with Crippen molar-refractivity contribution in [3.8, 4) is 0 Å². The third-order valence-electron chi connectivity index (χ3n) is 4.43. The van der Waals surface area contributed by atoms with Crippen LogP contribution in [0, 0.1) is 5.41 Å². The van der Waals surface area contributed by atoms with E-state index in [9.17, 15) is 0 Å². The molecule has 0 saturated carbocycles. The van der Waals surface area contributed by atoms with Crippen LogP contribution in [-0.4, -0.2) is 26.2 Å². The van der Waals surface area contributed by atoms with Crippen LogP contribution in [0.25, 0.3) is 0 Å². The van der Waals surface area contributed by atoms with Gasteiger partial charge in [0.1, 0.15) is 0 Å². The van der Waals surface area contributed by atoms with Crippen molar-refractivity contribution in [2.75, 3.05) is 31.1 Å². The van der Waals surface area contributed by atoms with E-state index in [2.05, 4.69) is 55.3 Å². The Balaban J connectivity index is 2.11. The summed E-state index contributed by atoms with van der Waals surface area (Å²) in [4.78, 5) is 2.62. The maximum atomic E-state index is 3.56. The second-order valence-corrected chi connectivity index (χ2v) is 6.49. The monoisotopic (exact) mass is 274 g/mol. The SMILES string of the molecule is CCCC(C)(CNCC)CN1CCCc2ccccc21. The number of hydrogen-bond donors (Lipinski definition) is 1. The summed E-state index contributed by atoms with van der Waals surface area (Å²) >= 11 is 0. The second kappa shape index (κ2) is 7.12. The third kappa shape index (κ3) is 3.76. The Morgan fingerprint density at radius 3 is 2.80 bits per heavy atom. The topological polar surface area (TPSA) is 15.3 Å². The third-order valence-corrected chi connectivity index (χ3v) is 4.43. The second-order valence-electron chi connectivity index (χ2n) is 6.49. The van der Waals surface area contributed by atoms with Gasteiger partial charge in [-0.05, 0) is 42.9 Å². The Labute approximate surface area is 124 Å². The van der Waals surface area contributed by atoms with Crippen LogP contribution in [0.15, 0.2) is 24.3 Å². The molecule has 112 valence electrons. The molecule has 0 aliphatic carbocycles. The smallest absolute Gasteiger partial charge is 0.0398 e. The summed E-state index contributed by atoms with van der Waals surface area (Å²) in [5.41, 5.74) is 3.37. The molecule has 0 bridgehead atoms. The molecular formula is C18H30N2. The van der Waals surface area contributed by atoms with Crippen LogP contribution in [0.3, 0.4) is 0 Å². The van der Waals surface area contributed by atoms with Crippen LogP contribution in [-0.2, 0) is 6.42 Å². The van der Waals surface area contributed by atoms with Crippen molar-refractivity contribution in [2.24, 2.45) is 5.41 Å². The van der Waals surface area contributed by atoms with E-state index in [1.807, 2.05) is 0 Å². The number of aryl methyl sites for hydroxylation is 1. The van der Waals surface area contributed by atoms with Crippen LogP contribution < -0.4 is 10.2 Å². The van der Waals surface area contributed by atoms with Gasteiger partial charge in [0.25, 0.3) is 0 Å². The van der Waals surface area contributed by atoms with Crippen molar-refractivity contribution in [1.82, 2.24) is 5.32 Å². The minimum Gasteiger partial charge on any atom is -0.371 e. The van der Waals surface area contributed by atoms with E-state index in [4.69, 9.17) is 0 Å². The number of anilines is 1. The molecule has 20 heavy (non-hydrogen) atoms. The van der Waals surface area contributed by atoms with Gasteiger partial charge in [-0.15, -0.1) is 0 Å². The van der Waals surface area contributed by atoms with Gasteiger partial charge in [-0.2, -0.15) is 0 Å². The van der Waals surface area contributed by atoms with Crippen LogP contribution in [0.4, 0.5) is 5.69 Å². The molecule has 1 aromatic rings. The lowest BCUT2D eigenvalue weighted by Crippen LogP contribution is -2.44. The van der Waals surface area contributed by atoms with Crippen molar-refractivity contribution in [1.29, 1.82) is 0 Å². The fourth-order valence-corrected chi connectivity index (χ4v) is 3.49. The van der Waals surface area contributed by atoms with Gasteiger partial charge in [0, 0.05) is 25.3 Å². The average Bonchev–Trinajstić information content (AvgIpc) is 2.46. The van der Waals surface area contributed by atoms with E-state index in [-0.39, 0.29) is 0 Å². The van der Waals surface area contributed by atoms with Gasteiger partial charge in [-0.3, -0.25) is 0 Å². The van der Waals surface area contributed by atoms with Crippen LogP contribution in [0.5, 0.6) is 0 Å². The maximum Gasteiger partial charge on any atom is 0.0398 e. The standard InChI is InChI=1S/C18H30N2/c1-4-12-18(3,14-19-5-2)15-20-13-8-10-16-9-6-7-11-17(16)20/h6-7,9,11,19H,4-5,8,10,12-15H2,1-3H3. The molecule has 1 heterocycles. The number of fused-ring (bicyclic) bond motifs is 1. The number of hydrogen-bond acceptors (Lipinski definition) is 2. The van der Waals surface area contributed by atoms with Crippen molar-refractivity contribution >= 4 is 5.69 Å². The zero-order valence-corrected chi connectivity index (χ0v) is 13.4. The molecule has 1 aromatic carbocycles. The van der Waals surface area contributed by atoms with Gasteiger partial charge < -0.3 is 10.2 Å². The Kier molecular flexibility index (Phi) is 5.47. The van der Waals surface area contributed by atoms with E-state index in [1.165, 1.54) is 50.0 Å². The van der Waals surface area contributed by atoms with Gasteiger partial charge in [-0.1, -0.05) is 45.4 Å². The summed E-state index contributed by atoms with van der Waals surface area (Å²) in [5, 5.41) is 3.56. The predicted octanol–water partition coefficient (Wildman–Crippen LogP) is 3.86. The summed E-state index contributed by atoms with van der Waals surface area (Å²) in [7, 11) is 0. The van der Waals surface area contributed by atoms with Crippen LogP contribution >= 0.6 is 0 Å². The first-order chi connectivity index (χ1) is 9.68. The molecule has 2 nitrogen and oxygen atoms in total. The van der Waals surface area contributed by atoms with Crippen LogP contribution in [0.1, 0.15) is 45.6 Å². The van der Waals surface area contributed by atoms with Crippen molar-refractivity contribution in [2.45, 2.75) is 46.5 Å². The maximum absolute atomic E-state index is 3.56. The zero-order chi connectivity index (χ0) is 14.4. The summed E-state index contributed by atoms with van der Waals surface area (Å²) in [5.74, 6) is 0. The summed E-state index contributed by atoms with van der Waals surface area (Å²) in [6.45, 7) is 11.5. The summed E-state index contributed by atoms with van der Waals surface area (Å²) < 4.78 is 0. The highest BCUT2D eigenvalue weighted by Crippen LogP contribution is 2.32. The van der Waals surface area contributed by atoms with E-state index in [0.717, 1.165) is 13.1 Å². The number of benzene rings is 1. The lowest BCUT2D eigenvalue weighted by Gasteiger charge is -2.39. The minimum atomic E-state index is 0.370. The lowest BCUT2D eigenvalue weighted by molar-refractivity contribution is 0.281. The molecule has 0 amide bonds. The van der Waals surface area contributed by atoms with Crippen molar-refractivity contribution in [3.63, 3.8) is 0 Å². The number of nitrogens with zero attached hydrogens (tertiary/aromatic N) is 1. The Morgan fingerprint density at radius 2 is 2.05 bits per heavy atom. The highest BCUT2D eigenvalue weighted by Gasteiger charge is 2.28. The van der Waals surface area contributed by atoms with E-state index in [1.54, 1.807) is 0 Å². The Hall–Kier alpha value is -1.02. The molecule has 1 aliphatic heterocycles. The van der Waals surface area contributed by atoms with Gasteiger partial charge in [0.2, 0.25) is 0 Å². The average molecular weight is 274 g/mol. The molecule has 1 atom stereocenters. The van der Waals surface area contributed by atoms with Crippen molar-refractivity contribution < 1.29 is 0 Å². The number of nitrogens with one attached hydrogen (secondary N) is 1. The van der Waals surface area contributed by atoms with Gasteiger partial charge in [0.15, 0.2) is 0 Å². The first-order valence-corrected chi connectivity index (χ1v) is 8.22.